The highest BCUT2D eigenvalue weighted by molar-refractivity contribution is 9.10. The number of halogens is 1. The minimum absolute atomic E-state index is 0.289. The third-order valence-electron chi connectivity index (χ3n) is 6.57. The highest BCUT2D eigenvalue weighted by Gasteiger charge is 2.27. The van der Waals surface area contributed by atoms with Crippen LogP contribution in [0.3, 0.4) is 0 Å². The van der Waals surface area contributed by atoms with Crippen molar-refractivity contribution in [3.05, 3.63) is 52.5 Å². The first kappa shape index (κ1) is 26.1. The summed E-state index contributed by atoms with van der Waals surface area (Å²) in [5, 5.41) is 0.906. The maximum atomic E-state index is 13.2. The lowest BCUT2D eigenvalue weighted by atomic mass is 10.2. The van der Waals surface area contributed by atoms with Gasteiger partial charge in [-0.3, -0.25) is 4.90 Å². The Balaban J connectivity index is 1.40. The summed E-state index contributed by atoms with van der Waals surface area (Å²) in [6.45, 7) is 6.95. The largest absolute Gasteiger partial charge is 0.379 e. The first-order chi connectivity index (χ1) is 17.5. The second kappa shape index (κ2) is 11.9. The van der Waals surface area contributed by atoms with E-state index in [2.05, 4.69) is 31.5 Å². The van der Waals surface area contributed by atoms with E-state index in [4.69, 9.17) is 14.5 Å². The average molecular weight is 596 g/mol. The number of ether oxygens (including phenoxy) is 2. The Hall–Kier alpha value is -1.47. The molecule has 1 aromatic heterocycles. The molecule has 2 fully saturated rings. The molecule has 2 aliphatic heterocycles. The molecule has 0 amide bonds. The summed E-state index contributed by atoms with van der Waals surface area (Å²) in [5.74, 6) is 0.771. The molecule has 3 aromatic rings. The third kappa shape index (κ3) is 5.98. The first-order valence-corrected chi connectivity index (χ1v) is 15.5. The lowest BCUT2D eigenvalue weighted by Gasteiger charge is -2.26. The van der Waals surface area contributed by atoms with Crippen LogP contribution in [0.5, 0.6) is 0 Å². The maximum Gasteiger partial charge on any atom is 0.243 e. The van der Waals surface area contributed by atoms with Gasteiger partial charge in [-0.1, -0.05) is 45.9 Å². The van der Waals surface area contributed by atoms with Gasteiger partial charge in [-0.25, -0.2) is 13.4 Å². The number of aryl methyl sites for hydroxylation is 1. The Morgan fingerprint density at radius 3 is 2.42 bits per heavy atom. The molecule has 2 aliphatic rings. The normalized spacial score (nSPS) is 18.1. The molecule has 2 aromatic carbocycles. The molecule has 3 heterocycles. The van der Waals surface area contributed by atoms with Crippen molar-refractivity contribution in [2.75, 3.05) is 59.2 Å². The molecule has 36 heavy (non-hydrogen) atoms. The predicted molar refractivity (Wildman–Crippen MR) is 145 cm³/mol. The zero-order valence-corrected chi connectivity index (χ0v) is 23.4. The molecule has 0 N–H and O–H groups in total. The number of fused-ring (bicyclic) bond motifs is 1. The van der Waals surface area contributed by atoms with Gasteiger partial charge in [0.1, 0.15) is 0 Å². The van der Waals surface area contributed by atoms with Crippen LogP contribution in [-0.4, -0.2) is 86.3 Å². The van der Waals surface area contributed by atoms with Crippen LogP contribution in [-0.2, 0) is 31.8 Å². The Bertz CT molecular complexity index is 1290. The number of nitrogens with zero attached hydrogens (tertiary/aromatic N) is 4. The third-order valence-corrected chi connectivity index (χ3v) is 10.3. The fraction of sp³-hybridized carbons (Fsp3) is 0.480. The fourth-order valence-corrected chi connectivity index (χ4v) is 7.63. The number of aromatic nitrogens is 2. The van der Waals surface area contributed by atoms with Gasteiger partial charge in [0, 0.05) is 49.5 Å². The average Bonchev–Trinajstić information content (AvgIpc) is 3.26. The number of morpholine rings is 2. The highest BCUT2D eigenvalue weighted by atomic mass is 79.9. The van der Waals surface area contributed by atoms with Crippen LogP contribution in [0.25, 0.3) is 11.0 Å². The standard InChI is InChI=1S/C25H31BrN4O4S2/c26-22-5-2-1-4-20(22)19-35-25-27-23-18-21(36(31,32)29-12-16-34-17-13-29)6-7-24(23)30(25)9-3-8-28-10-14-33-15-11-28/h1-2,4-7,18H,3,8-17,19H2. The number of benzene rings is 2. The second-order valence-corrected chi connectivity index (χ2v) is 12.6. The summed E-state index contributed by atoms with van der Waals surface area (Å²) in [5.41, 5.74) is 2.88. The summed E-state index contributed by atoms with van der Waals surface area (Å²) in [6.07, 6.45) is 0.988. The summed E-state index contributed by atoms with van der Waals surface area (Å²) >= 11 is 5.32. The molecular weight excluding hydrogens is 564 g/mol. The molecule has 0 radical (unpaired) electrons. The SMILES string of the molecule is O=S(=O)(c1ccc2c(c1)nc(SCc1ccccc1Br)n2CCCN1CCOCC1)N1CCOCC1. The molecule has 0 aliphatic carbocycles. The van der Waals surface area contributed by atoms with Crippen LogP contribution in [0.4, 0.5) is 0 Å². The van der Waals surface area contributed by atoms with E-state index in [-0.39, 0.29) is 4.90 Å². The number of hydrogen-bond acceptors (Lipinski definition) is 7. The van der Waals surface area contributed by atoms with Gasteiger partial charge in [-0.05, 0) is 36.2 Å². The molecule has 194 valence electrons. The quantitative estimate of drug-likeness (QED) is 0.348. The van der Waals surface area contributed by atoms with Crippen molar-refractivity contribution in [3.8, 4) is 0 Å². The second-order valence-electron chi connectivity index (χ2n) is 8.90. The molecule has 0 saturated carbocycles. The molecular formula is C25H31BrN4O4S2. The Morgan fingerprint density at radius 2 is 1.67 bits per heavy atom. The Kier molecular flexibility index (Phi) is 8.67. The molecule has 2 saturated heterocycles. The highest BCUT2D eigenvalue weighted by Crippen LogP contribution is 2.31. The van der Waals surface area contributed by atoms with Gasteiger partial charge in [0.05, 0.1) is 42.4 Å². The van der Waals surface area contributed by atoms with Gasteiger partial charge in [-0.2, -0.15) is 4.31 Å². The van der Waals surface area contributed by atoms with E-state index in [1.807, 2.05) is 24.3 Å². The lowest BCUT2D eigenvalue weighted by Crippen LogP contribution is -2.40. The smallest absolute Gasteiger partial charge is 0.243 e. The van der Waals surface area contributed by atoms with Crippen LogP contribution in [0.2, 0.25) is 0 Å². The number of thioether (sulfide) groups is 1. The van der Waals surface area contributed by atoms with Crippen molar-refractivity contribution in [1.29, 1.82) is 0 Å². The van der Waals surface area contributed by atoms with Gasteiger partial charge in [0.25, 0.3) is 0 Å². The van der Waals surface area contributed by atoms with Gasteiger partial charge < -0.3 is 14.0 Å². The minimum Gasteiger partial charge on any atom is -0.379 e. The van der Waals surface area contributed by atoms with Gasteiger partial charge in [0.2, 0.25) is 10.0 Å². The molecule has 0 unspecified atom stereocenters. The Labute approximate surface area is 225 Å². The summed E-state index contributed by atoms with van der Waals surface area (Å²) in [6, 6.07) is 13.5. The summed E-state index contributed by atoms with van der Waals surface area (Å²) < 4.78 is 42.1. The van der Waals surface area contributed by atoms with Crippen LogP contribution in [0, 0.1) is 0 Å². The molecule has 11 heteroatoms. The Morgan fingerprint density at radius 1 is 0.944 bits per heavy atom. The number of imidazole rings is 1. The summed E-state index contributed by atoms with van der Waals surface area (Å²) in [4.78, 5) is 7.63. The van der Waals surface area contributed by atoms with Gasteiger partial charge >= 0.3 is 0 Å². The van der Waals surface area contributed by atoms with E-state index in [9.17, 15) is 8.42 Å². The number of hydrogen-bond donors (Lipinski definition) is 0. The van der Waals surface area contributed by atoms with Crippen LogP contribution in [0.15, 0.2) is 57.0 Å². The number of rotatable bonds is 9. The van der Waals surface area contributed by atoms with E-state index in [1.165, 1.54) is 9.87 Å². The van der Waals surface area contributed by atoms with Crippen molar-refractivity contribution in [1.82, 2.24) is 18.8 Å². The van der Waals surface area contributed by atoms with Crippen LogP contribution < -0.4 is 0 Å². The van der Waals surface area contributed by atoms with E-state index in [1.54, 1.807) is 23.9 Å². The topological polar surface area (TPSA) is 76.9 Å². The minimum atomic E-state index is -3.58. The van der Waals surface area contributed by atoms with E-state index >= 15 is 0 Å². The van der Waals surface area contributed by atoms with Crippen LogP contribution in [0.1, 0.15) is 12.0 Å². The van der Waals surface area contributed by atoms with Crippen molar-refractivity contribution >= 4 is 48.7 Å². The number of sulfonamides is 1. The van der Waals surface area contributed by atoms with Gasteiger partial charge in [-0.15, -0.1) is 0 Å². The zero-order chi connectivity index (χ0) is 25.0. The fourth-order valence-electron chi connectivity index (χ4n) is 4.55. The van der Waals surface area contributed by atoms with Crippen LogP contribution >= 0.6 is 27.7 Å². The van der Waals surface area contributed by atoms with E-state index in [0.717, 1.165) is 66.7 Å². The van der Waals surface area contributed by atoms with Crippen molar-refractivity contribution in [2.45, 2.75) is 28.8 Å². The molecule has 5 rings (SSSR count). The monoisotopic (exact) mass is 594 g/mol. The zero-order valence-electron chi connectivity index (χ0n) is 20.1. The molecule has 0 atom stereocenters. The molecule has 0 spiro atoms. The van der Waals surface area contributed by atoms with E-state index < -0.39 is 10.0 Å². The van der Waals surface area contributed by atoms with Crippen molar-refractivity contribution < 1.29 is 17.9 Å². The van der Waals surface area contributed by atoms with Gasteiger partial charge in [0.15, 0.2) is 5.16 Å². The lowest BCUT2D eigenvalue weighted by molar-refractivity contribution is 0.0369. The van der Waals surface area contributed by atoms with Crippen molar-refractivity contribution in [2.24, 2.45) is 0 Å². The summed E-state index contributed by atoms with van der Waals surface area (Å²) in [7, 11) is -3.58. The van der Waals surface area contributed by atoms with E-state index in [0.29, 0.717) is 31.8 Å². The van der Waals surface area contributed by atoms with Crippen molar-refractivity contribution in [3.63, 3.8) is 0 Å². The molecule has 0 bridgehead atoms. The first-order valence-electron chi connectivity index (χ1n) is 12.3. The predicted octanol–water partition coefficient (Wildman–Crippen LogP) is 3.83. The maximum absolute atomic E-state index is 13.2. The molecule has 8 nitrogen and oxygen atoms in total.